The Bertz CT molecular complexity index is 1000. The molecule has 0 aliphatic carbocycles. The summed E-state index contributed by atoms with van der Waals surface area (Å²) in [6.07, 6.45) is 0. The number of aromatic hydroxyl groups is 1. The first kappa shape index (κ1) is 17.9. The molecule has 0 bridgehead atoms. The summed E-state index contributed by atoms with van der Waals surface area (Å²) < 4.78 is 5.87. The molecule has 0 spiro atoms. The first-order valence-electron chi connectivity index (χ1n) is 9.03. The summed E-state index contributed by atoms with van der Waals surface area (Å²) in [5.41, 5.74) is 2.07. The molecular formula is C23H19NO4. The van der Waals surface area contributed by atoms with Crippen LogP contribution in [0.15, 0.2) is 78.9 Å². The van der Waals surface area contributed by atoms with E-state index in [0.717, 1.165) is 11.1 Å². The molecule has 28 heavy (non-hydrogen) atoms. The Balaban J connectivity index is 1.62. The smallest absolute Gasteiger partial charge is 0.265 e. The molecule has 140 valence electrons. The predicted molar refractivity (Wildman–Crippen MR) is 104 cm³/mol. The molecule has 1 atom stereocenters. The maximum atomic E-state index is 13.0. The molecule has 3 aromatic rings. The number of hydrogen-bond acceptors (Lipinski definition) is 4. The van der Waals surface area contributed by atoms with Gasteiger partial charge in [-0.2, -0.15) is 0 Å². The van der Waals surface area contributed by atoms with E-state index in [1.54, 1.807) is 12.1 Å². The van der Waals surface area contributed by atoms with E-state index in [0.29, 0.717) is 6.61 Å². The molecular weight excluding hydrogens is 354 g/mol. The van der Waals surface area contributed by atoms with Crippen molar-refractivity contribution < 1.29 is 19.4 Å². The number of carbonyl (C=O) groups excluding carboxylic acids is 2. The molecule has 0 aromatic heterocycles. The Morgan fingerprint density at radius 1 is 0.821 bits per heavy atom. The molecule has 0 saturated carbocycles. The zero-order valence-corrected chi connectivity index (χ0v) is 15.1. The van der Waals surface area contributed by atoms with Crippen LogP contribution in [0.1, 0.15) is 37.9 Å². The SMILES string of the molecule is O=C1c2cccc(O)c2C(=O)N1[C@H](COCc1ccccc1)c1ccccc1. The number of hydrogen-bond donors (Lipinski definition) is 1. The largest absolute Gasteiger partial charge is 0.507 e. The third-order valence-corrected chi connectivity index (χ3v) is 4.81. The van der Waals surface area contributed by atoms with E-state index in [1.165, 1.54) is 11.0 Å². The van der Waals surface area contributed by atoms with Crippen molar-refractivity contribution in [1.82, 2.24) is 4.90 Å². The standard InChI is InChI=1S/C23H19NO4/c25-20-13-7-12-18-21(20)23(27)24(22(18)26)19(17-10-5-2-6-11-17)15-28-14-16-8-3-1-4-9-16/h1-13,19,25H,14-15H2/t19-/m1/s1. The summed E-state index contributed by atoms with van der Waals surface area (Å²) in [6.45, 7) is 0.531. The molecule has 0 saturated heterocycles. The van der Waals surface area contributed by atoms with Crippen LogP contribution < -0.4 is 0 Å². The number of benzene rings is 3. The van der Waals surface area contributed by atoms with E-state index >= 15 is 0 Å². The Hall–Kier alpha value is -3.44. The van der Waals surface area contributed by atoms with E-state index in [1.807, 2.05) is 60.7 Å². The zero-order valence-electron chi connectivity index (χ0n) is 15.1. The van der Waals surface area contributed by atoms with Crippen LogP contribution in [0.4, 0.5) is 0 Å². The molecule has 5 heteroatoms. The predicted octanol–water partition coefficient (Wildman–Crippen LogP) is 3.95. The maximum absolute atomic E-state index is 13.0. The van der Waals surface area contributed by atoms with Gasteiger partial charge in [-0.15, -0.1) is 0 Å². The van der Waals surface area contributed by atoms with Gasteiger partial charge in [0.05, 0.1) is 30.4 Å². The quantitative estimate of drug-likeness (QED) is 0.665. The zero-order chi connectivity index (χ0) is 19.5. The number of fused-ring (bicyclic) bond motifs is 1. The number of amides is 2. The van der Waals surface area contributed by atoms with Crippen molar-refractivity contribution in [2.75, 3.05) is 6.61 Å². The van der Waals surface area contributed by atoms with Crippen LogP contribution in [0.2, 0.25) is 0 Å². The monoisotopic (exact) mass is 373 g/mol. The lowest BCUT2D eigenvalue weighted by atomic mass is 10.1. The number of carbonyl (C=O) groups is 2. The van der Waals surface area contributed by atoms with Crippen molar-refractivity contribution in [3.05, 3.63) is 101 Å². The molecule has 2 amide bonds. The highest BCUT2D eigenvalue weighted by Crippen LogP contribution is 2.35. The fourth-order valence-corrected chi connectivity index (χ4v) is 3.43. The Morgan fingerprint density at radius 2 is 1.50 bits per heavy atom. The summed E-state index contributed by atoms with van der Waals surface area (Å²) in [5, 5.41) is 10.1. The lowest BCUT2D eigenvalue weighted by Gasteiger charge is -2.26. The van der Waals surface area contributed by atoms with Crippen LogP contribution in [0, 0.1) is 0 Å². The molecule has 0 radical (unpaired) electrons. The number of imide groups is 1. The first-order valence-corrected chi connectivity index (χ1v) is 9.03. The van der Waals surface area contributed by atoms with Crippen LogP contribution in [0.5, 0.6) is 5.75 Å². The number of rotatable bonds is 6. The van der Waals surface area contributed by atoms with Gasteiger partial charge in [0.15, 0.2) is 0 Å². The minimum atomic E-state index is -0.586. The molecule has 0 fully saturated rings. The van der Waals surface area contributed by atoms with Crippen molar-refractivity contribution in [3.63, 3.8) is 0 Å². The number of nitrogens with zero attached hydrogens (tertiary/aromatic N) is 1. The van der Waals surface area contributed by atoms with Gasteiger partial charge in [0.25, 0.3) is 11.8 Å². The third kappa shape index (κ3) is 3.28. The van der Waals surface area contributed by atoms with Crippen LogP contribution in [-0.4, -0.2) is 28.4 Å². The molecule has 4 rings (SSSR count). The number of phenolic OH excluding ortho intramolecular Hbond substituents is 1. The van der Waals surface area contributed by atoms with E-state index < -0.39 is 17.9 Å². The second-order valence-electron chi connectivity index (χ2n) is 6.61. The van der Waals surface area contributed by atoms with Crippen LogP contribution in [-0.2, 0) is 11.3 Å². The summed E-state index contributed by atoms with van der Waals surface area (Å²) in [7, 11) is 0. The van der Waals surface area contributed by atoms with E-state index in [-0.39, 0.29) is 23.5 Å². The van der Waals surface area contributed by atoms with E-state index in [9.17, 15) is 14.7 Å². The molecule has 1 aliphatic rings. The fourth-order valence-electron chi connectivity index (χ4n) is 3.43. The van der Waals surface area contributed by atoms with Gasteiger partial charge >= 0.3 is 0 Å². The average molecular weight is 373 g/mol. The van der Waals surface area contributed by atoms with Crippen molar-refractivity contribution in [2.24, 2.45) is 0 Å². The van der Waals surface area contributed by atoms with Crippen molar-refractivity contribution in [3.8, 4) is 5.75 Å². The third-order valence-electron chi connectivity index (χ3n) is 4.81. The van der Waals surface area contributed by atoms with Gasteiger partial charge in [0.2, 0.25) is 0 Å². The van der Waals surface area contributed by atoms with Gasteiger partial charge < -0.3 is 9.84 Å². The van der Waals surface area contributed by atoms with Crippen molar-refractivity contribution >= 4 is 11.8 Å². The summed E-state index contributed by atoms with van der Waals surface area (Å²) >= 11 is 0. The molecule has 0 unspecified atom stereocenters. The second kappa shape index (κ2) is 7.66. The highest BCUT2D eigenvalue weighted by Gasteiger charge is 2.42. The van der Waals surface area contributed by atoms with E-state index in [2.05, 4.69) is 0 Å². The molecule has 5 nitrogen and oxygen atoms in total. The maximum Gasteiger partial charge on any atom is 0.265 e. The number of ether oxygens (including phenoxy) is 1. The van der Waals surface area contributed by atoms with Gasteiger partial charge in [-0.3, -0.25) is 14.5 Å². The Kier molecular flexibility index (Phi) is 4.91. The first-order chi connectivity index (χ1) is 13.7. The highest BCUT2D eigenvalue weighted by molar-refractivity contribution is 6.22. The molecule has 1 aliphatic heterocycles. The fraction of sp³-hybridized carbons (Fsp3) is 0.130. The normalized spacial score (nSPS) is 14.2. The van der Waals surface area contributed by atoms with Crippen molar-refractivity contribution in [1.29, 1.82) is 0 Å². The Labute approximate surface area is 162 Å². The Morgan fingerprint density at radius 3 is 2.18 bits per heavy atom. The molecule has 3 aromatic carbocycles. The molecule has 1 heterocycles. The van der Waals surface area contributed by atoms with Gasteiger partial charge in [0, 0.05) is 0 Å². The van der Waals surface area contributed by atoms with Crippen LogP contribution >= 0.6 is 0 Å². The van der Waals surface area contributed by atoms with Crippen LogP contribution in [0.3, 0.4) is 0 Å². The van der Waals surface area contributed by atoms with Gasteiger partial charge in [0.1, 0.15) is 5.75 Å². The lowest BCUT2D eigenvalue weighted by molar-refractivity contribution is 0.0359. The van der Waals surface area contributed by atoms with Crippen LogP contribution in [0.25, 0.3) is 0 Å². The number of phenols is 1. The topological polar surface area (TPSA) is 66.8 Å². The van der Waals surface area contributed by atoms with Gasteiger partial charge in [-0.25, -0.2) is 0 Å². The van der Waals surface area contributed by atoms with E-state index in [4.69, 9.17) is 4.74 Å². The molecule has 1 N–H and O–H groups in total. The van der Waals surface area contributed by atoms with Gasteiger partial charge in [-0.1, -0.05) is 66.7 Å². The minimum Gasteiger partial charge on any atom is -0.507 e. The minimum absolute atomic E-state index is 0.0523. The average Bonchev–Trinajstić information content (AvgIpc) is 2.98. The van der Waals surface area contributed by atoms with Crippen molar-refractivity contribution in [2.45, 2.75) is 12.6 Å². The van der Waals surface area contributed by atoms with Gasteiger partial charge in [-0.05, 0) is 23.3 Å². The summed E-state index contributed by atoms with van der Waals surface area (Å²) in [5.74, 6) is -1.11. The summed E-state index contributed by atoms with van der Waals surface area (Å²) in [4.78, 5) is 27.1. The summed E-state index contributed by atoms with van der Waals surface area (Å²) in [6, 6.07) is 23.0. The lowest BCUT2D eigenvalue weighted by Crippen LogP contribution is -2.36. The highest BCUT2D eigenvalue weighted by atomic mass is 16.5. The second-order valence-corrected chi connectivity index (χ2v) is 6.61.